The van der Waals surface area contributed by atoms with Crippen LogP contribution in [0.25, 0.3) is 10.1 Å². The van der Waals surface area contributed by atoms with Gasteiger partial charge >= 0.3 is 0 Å². The molecule has 0 saturated carbocycles. The van der Waals surface area contributed by atoms with E-state index < -0.39 is 0 Å². The third kappa shape index (κ3) is 2.11. The van der Waals surface area contributed by atoms with Crippen molar-refractivity contribution in [3.8, 4) is 0 Å². The summed E-state index contributed by atoms with van der Waals surface area (Å²) >= 11 is 1.90. The Morgan fingerprint density at radius 2 is 1.71 bits per heavy atom. The lowest BCUT2D eigenvalue weighted by atomic mass is 10.1. The van der Waals surface area contributed by atoms with Crippen molar-refractivity contribution in [1.82, 2.24) is 0 Å². The quantitative estimate of drug-likeness (QED) is 0.601. The molecule has 84 valence electrons. The Morgan fingerprint density at radius 1 is 0.941 bits per heavy atom. The van der Waals surface area contributed by atoms with Crippen LogP contribution in [0.5, 0.6) is 0 Å². The normalized spacial score (nSPS) is 10.9. The maximum absolute atomic E-state index is 2.31. The van der Waals surface area contributed by atoms with E-state index >= 15 is 0 Å². The highest BCUT2D eigenvalue weighted by Gasteiger charge is 2.03. The van der Waals surface area contributed by atoms with Crippen LogP contribution in [0.2, 0.25) is 0 Å². The predicted octanol–water partition coefficient (Wildman–Crippen LogP) is 4.80. The lowest BCUT2D eigenvalue weighted by Crippen LogP contribution is -1.87. The number of hydrogen-bond donors (Lipinski definition) is 0. The number of hydrogen-bond acceptors (Lipinski definition) is 1. The fourth-order valence-electron chi connectivity index (χ4n) is 2.12. The zero-order chi connectivity index (χ0) is 11.7. The van der Waals surface area contributed by atoms with Gasteiger partial charge in [0.25, 0.3) is 0 Å². The zero-order valence-corrected chi connectivity index (χ0v) is 10.6. The van der Waals surface area contributed by atoms with Crippen LogP contribution in [0.1, 0.15) is 16.0 Å². The molecule has 0 saturated heterocycles. The van der Waals surface area contributed by atoms with Gasteiger partial charge in [0.15, 0.2) is 0 Å². The number of aryl methyl sites for hydroxylation is 1. The molecule has 2 aromatic carbocycles. The van der Waals surface area contributed by atoms with Crippen LogP contribution < -0.4 is 0 Å². The molecule has 0 spiro atoms. The predicted molar refractivity (Wildman–Crippen MR) is 75.8 cm³/mol. The topological polar surface area (TPSA) is 0 Å². The number of benzene rings is 2. The molecule has 1 heterocycles. The first-order valence-electron chi connectivity index (χ1n) is 5.85. The van der Waals surface area contributed by atoms with Crippen molar-refractivity contribution in [3.05, 3.63) is 70.6 Å². The smallest absolute Gasteiger partial charge is 0.0345 e. The van der Waals surface area contributed by atoms with Crippen molar-refractivity contribution in [3.63, 3.8) is 0 Å². The fourth-order valence-corrected chi connectivity index (χ4v) is 3.21. The SMILES string of the molecule is Cc1ccccc1Cc1cc2ccccc2s1. The van der Waals surface area contributed by atoms with Crippen molar-refractivity contribution >= 4 is 21.4 Å². The second-order valence-electron chi connectivity index (χ2n) is 4.35. The van der Waals surface area contributed by atoms with Crippen molar-refractivity contribution in [2.45, 2.75) is 13.3 Å². The van der Waals surface area contributed by atoms with Crippen molar-refractivity contribution in [1.29, 1.82) is 0 Å². The van der Waals surface area contributed by atoms with Crippen molar-refractivity contribution < 1.29 is 0 Å². The molecule has 0 aliphatic rings. The molecular weight excluding hydrogens is 224 g/mol. The summed E-state index contributed by atoms with van der Waals surface area (Å²) in [5.41, 5.74) is 2.81. The zero-order valence-electron chi connectivity index (χ0n) is 9.81. The van der Waals surface area contributed by atoms with Gasteiger partial charge in [0.1, 0.15) is 0 Å². The Bertz CT molecular complexity index is 616. The summed E-state index contributed by atoms with van der Waals surface area (Å²) < 4.78 is 1.39. The minimum absolute atomic E-state index is 1.05. The molecule has 3 aromatic rings. The summed E-state index contributed by atoms with van der Waals surface area (Å²) in [5.74, 6) is 0. The first-order valence-corrected chi connectivity index (χ1v) is 6.66. The van der Waals surface area contributed by atoms with E-state index in [0.717, 1.165) is 6.42 Å². The van der Waals surface area contributed by atoms with E-state index in [1.807, 2.05) is 11.3 Å². The maximum Gasteiger partial charge on any atom is 0.0345 e. The molecule has 0 unspecified atom stereocenters. The van der Waals surface area contributed by atoms with E-state index in [1.165, 1.54) is 26.1 Å². The Morgan fingerprint density at radius 3 is 2.53 bits per heavy atom. The van der Waals surface area contributed by atoms with Gasteiger partial charge in [-0.1, -0.05) is 42.5 Å². The minimum atomic E-state index is 1.05. The van der Waals surface area contributed by atoms with Gasteiger partial charge < -0.3 is 0 Å². The summed E-state index contributed by atoms with van der Waals surface area (Å²) in [5, 5.41) is 1.36. The molecule has 0 aliphatic heterocycles. The van der Waals surface area contributed by atoms with Gasteiger partial charge in [-0.2, -0.15) is 0 Å². The molecule has 17 heavy (non-hydrogen) atoms. The second kappa shape index (κ2) is 4.34. The standard InChI is InChI=1S/C16H14S/c1-12-6-2-3-7-13(12)10-15-11-14-8-4-5-9-16(14)17-15/h2-9,11H,10H2,1H3. The van der Waals surface area contributed by atoms with E-state index in [-0.39, 0.29) is 0 Å². The summed E-state index contributed by atoms with van der Waals surface area (Å²) in [7, 11) is 0. The summed E-state index contributed by atoms with van der Waals surface area (Å²) in [4.78, 5) is 1.44. The monoisotopic (exact) mass is 238 g/mol. The molecule has 0 radical (unpaired) electrons. The second-order valence-corrected chi connectivity index (χ2v) is 5.52. The lowest BCUT2D eigenvalue weighted by molar-refractivity contribution is 1.19. The maximum atomic E-state index is 2.31. The Balaban J connectivity index is 1.98. The first kappa shape index (κ1) is 10.5. The number of fused-ring (bicyclic) bond motifs is 1. The van der Waals surface area contributed by atoms with Gasteiger partial charge in [0, 0.05) is 16.0 Å². The summed E-state index contributed by atoms with van der Waals surface area (Å²) in [6, 6.07) is 19.5. The van der Waals surface area contributed by atoms with E-state index in [9.17, 15) is 0 Å². The largest absolute Gasteiger partial charge is 0.140 e. The molecule has 1 aromatic heterocycles. The molecule has 0 N–H and O–H groups in total. The average molecular weight is 238 g/mol. The van der Waals surface area contributed by atoms with Crippen molar-refractivity contribution in [2.24, 2.45) is 0 Å². The van der Waals surface area contributed by atoms with E-state index in [2.05, 4.69) is 61.5 Å². The fraction of sp³-hybridized carbons (Fsp3) is 0.125. The van der Waals surface area contributed by atoms with Gasteiger partial charge in [-0.25, -0.2) is 0 Å². The molecule has 3 rings (SSSR count). The lowest BCUT2D eigenvalue weighted by Gasteiger charge is -2.02. The highest BCUT2D eigenvalue weighted by molar-refractivity contribution is 7.19. The van der Waals surface area contributed by atoms with E-state index in [0.29, 0.717) is 0 Å². The average Bonchev–Trinajstić information content (AvgIpc) is 2.74. The molecule has 1 heteroatoms. The van der Waals surface area contributed by atoms with Crippen molar-refractivity contribution in [2.75, 3.05) is 0 Å². The minimum Gasteiger partial charge on any atom is -0.140 e. The van der Waals surface area contributed by atoms with Crippen LogP contribution in [0.4, 0.5) is 0 Å². The summed E-state index contributed by atoms with van der Waals surface area (Å²) in [6.07, 6.45) is 1.05. The van der Waals surface area contributed by atoms with Crippen LogP contribution in [-0.2, 0) is 6.42 Å². The summed E-state index contributed by atoms with van der Waals surface area (Å²) in [6.45, 7) is 2.18. The van der Waals surface area contributed by atoms with Gasteiger partial charge in [-0.05, 0) is 35.6 Å². The van der Waals surface area contributed by atoms with Crippen LogP contribution in [0, 0.1) is 6.92 Å². The van der Waals surface area contributed by atoms with Crippen LogP contribution in [0.3, 0.4) is 0 Å². The van der Waals surface area contributed by atoms with Gasteiger partial charge in [0.2, 0.25) is 0 Å². The molecule has 0 bridgehead atoms. The van der Waals surface area contributed by atoms with E-state index in [4.69, 9.17) is 0 Å². The Hall–Kier alpha value is -1.60. The molecule has 0 amide bonds. The number of rotatable bonds is 2. The molecule has 0 atom stereocenters. The van der Waals surface area contributed by atoms with Gasteiger partial charge in [-0.3, -0.25) is 0 Å². The van der Waals surface area contributed by atoms with E-state index in [1.54, 1.807) is 0 Å². The third-order valence-corrected chi connectivity index (χ3v) is 4.22. The van der Waals surface area contributed by atoms with Gasteiger partial charge in [0.05, 0.1) is 0 Å². The third-order valence-electron chi connectivity index (χ3n) is 3.10. The van der Waals surface area contributed by atoms with Gasteiger partial charge in [-0.15, -0.1) is 11.3 Å². The van der Waals surface area contributed by atoms with Crippen LogP contribution >= 0.6 is 11.3 Å². The first-order chi connectivity index (χ1) is 8.33. The van der Waals surface area contributed by atoms with Crippen LogP contribution in [0.15, 0.2) is 54.6 Å². The highest BCUT2D eigenvalue weighted by Crippen LogP contribution is 2.27. The molecule has 0 aliphatic carbocycles. The Labute approximate surface area is 106 Å². The Kier molecular flexibility index (Phi) is 2.69. The molecule has 0 fully saturated rings. The number of thiophene rings is 1. The molecular formula is C16H14S. The highest BCUT2D eigenvalue weighted by atomic mass is 32.1. The molecule has 0 nitrogen and oxygen atoms in total. The van der Waals surface area contributed by atoms with Crippen LogP contribution in [-0.4, -0.2) is 0 Å².